The van der Waals surface area contributed by atoms with Crippen LogP contribution in [0.2, 0.25) is 0 Å². The Morgan fingerprint density at radius 2 is 1.82 bits per heavy atom. The van der Waals surface area contributed by atoms with E-state index in [1.54, 1.807) is 14.2 Å². The predicted octanol–water partition coefficient (Wildman–Crippen LogP) is 3.57. The van der Waals surface area contributed by atoms with E-state index in [9.17, 15) is 0 Å². The standard InChI is InChI=1S/C24H32N6O2.HI/c1-25-24(26-11-8-23-28-21-6-4-5-7-22(21)29-23)27-17-9-12-30(13-10-17)18-14-19(31-2)16-20(15-18)32-3;/h4-7,14-17H,8-13H2,1-3H3,(H,28,29)(H2,25,26,27);1H. The first kappa shape index (κ1) is 24.9. The summed E-state index contributed by atoms with van der Waals surface area (Å²) in [5, 5.41) is 6.98. The van der Waals surface area contributed by atoms with Crippen LogP contribution in [0, 0.1) is 0 Å². The molecule has 0 atom stereocenters. The maximum absolute atomic E-state index is 5.41. The summed E-state index contributed by atoms with van der Waals surface area (Å²) < 4.78 is 10.8. The fourth-order valence-corrected chi connectivity index (χ4v) is 4.07. The number of fused-ring (bicyclic) bond motifs is 1. The van der Waals surface area contributed by atoms with E-state index in [1.807, 2.05) is 37.4 Å². The molecule has 0 amide bonds. The highest BCUT2D eigenvalue weighted by atomic mass is 127. The van der Waals surface area contributed by atoms with Gasteiger partial charge in [0.25, 0.3) is 0 Å². The Morgan fingerprint density at radius 3 is 2.45 bits per heavy atom. The van der Waals surface area contributed by atoms with Crippen LogP contribution in [-0.4, -0.2) is 62.9 Å². The van der Waals surface area contributed by atoms with Crippen molar-refractivity contribution in [1.29, 1.82) is 0 Å². The number of ether oxygens (including phenoxy) is 2. The number of guanidine groups is 1. The third kappa shape index (κ3) is 6.43. The quantitative estimate of drug-likeness (QED) is 0.231. The number of imidazole rings is 1. The van der Waals surface area contributed by atoms with Crippen molar-refractivity contribution in [1.82, 2.24) is 20.6 Å². The summed E-state index contributed by atoms with van der Waals surface area (Å²) in [6.07, 6.45) is 2.87. The van der Waals surface area contributed by atoms with Gasteiger partial charge < -0.3 is 30.0 Å². The molecule has 3 aromatic rings. The van der Waals surface area contributed by atoms with Gasteiger partial charge in [-0.2, -0.15) is 0 Å². The Bertz CT molecular complexity index is 1010. The highest BCUT2D eigenvalue weighted by Crippen LogP contribution is 2.30. The summed E-state index contributed by atoms with van der Waals surface area (Å²) in [4.78, 5) is 14.8. The summed E-state index contributed by atoms with van der Waals surface area (Å²) in [6, 6.07) is 14.5. The first-order chi connectivity index (χ1) is 15.7. The molecule has 0 radical (unpaired) electrons. The molecule has 4 rings (SSSR count). The molecule has 0 spiro atoms. The molecule has 1 fully saturated rings. The van der Waals surface area contributed by atoms with Gasteiger partial charge in [-0.1, -0.05) is 12.1 Å². The Labute approximate surface area is 212 Å². The zero-order valence-corrected chi connectivity index (χ0v) is 21.8. The SMILES string of the molecule is CN=C(NCCc1nc2ccccc2[nH]1)NC1CCN(c2cc(OC)cc(OC)c2)CC1.I. The van der Waals surface area contributed by atoms with Gasteiger partial charge in [0.15, 0.2) is 5.96 Å². The molecule has 0 bridgehead atoms. The Balaban J connectivity index is 0.00000306. The smallest absolute Gasteiger partial charge is 0.191 e. The predicted molar refractivity (Wildman–Crippen MR) is 144 cm³/mol. The van der Waals surface area contributed by atoms with Gasteiger partial charge in [0.05, 0.1) is 25.3 Å². The van der Waals surface area contributed by atoms with E-state index in [0.29, 0.717) is 6.04 Å². The summed E-state index contributed by atoms with van der Waals surface area (Å²) in [5.41, 5.74) is 3.21. The van der Waals surface area contributed by atoms with Crippen LogP contribution in [0.4, 0.5) is 5.69 Å². The van der Waals surface area contributed by atoms with Crippen molar-refractivity contribution < 1.29 is 9.47 Å². The van der Waals surface area contributed by atoms with Crippen LogP contribution in [0.25, 0.3) is 11.0 Å². The van der Waals surface area contributed by atoms with Gasteiger partial charge in [-0.25, -0.2) is 4.98 Å². The number of H-pyrrole nitrogens is 1. The first-order valence-electron chi connectivity index (χ1n) is 11.1. The molecule has 2 aromatic carbocycles. The van der Waals surface area contributed by atoms with Gasteiger partial charge in [0.1, 0.15) is 17.3 Å². The van der Waals surface area contributed by atoms with Gasteiger partial charge in [-0.3, -0.25) is 4.99 Å². The molecule has 9 heteroatoms. The number of hydrogen-bond acceptors (Lipinski definition) is 5. The number of piperidine rings is 1. The summed E-state index contributed by atoms with van der Waals surface area (Å²) in [6.45, 7) is 2.69. The molecular weight excluding hydrogens is 531 g/mol. The summed E-state index contributed by atoms with van der Waals surface area (Å²) in [7, 11) is 5.18. The van der Waals surface area contributed by atoms with Crippen molar-refractivity contribution in [3.05, 3.63) is 48.3 Å². The van der Waals surface area contributed by atoms with Crippen molar-refractivity contribution in [2.24, 2.45) is 4.99 Å². The third-order valence-electron chi connectivity index (χ3n) is 5.85. The minimum Gasteiger partial charge on any atom is -0.497 e. The second-order valence-corrected chi connectivity index (χ2v) is 7.93. The van der Waals surface area contributed by atoms with Gasteiger partial charge >= 0.3 is 0 Å². The monoisotopic (exact) mass is 564 g/mol. The number of anilines is 1. The molecular formula is C24H33IN6O2. The minimum atomic E-state index is 0. The molecule has 1 saturated heterocycles. The number of aromatic nitrogens is 2. The number of nitrogens with zero attached hydrogens (tertiary/aromatic N) is 3. The second kappa shape index (κ2) is 12.0. The van der Waals surface area contributed by atoms with E-state index in [4.69, 9.17) is 9.47 Å². The van der Waals surface area contributed by atoms with E-state index < -0.39 is 0 Å². The van der Waals surface area contributed by atoms with Crippen molar-refractivity contribution >= 4 is 46.7 Å². The van der Waals surface area contributed by atoms with Crippen LogP contribution in [0.3, 0.4) is 0 Å². The number of para-hydroxylation sites is 2. The number of rotatable bonds is 7. The van der Waals surface area contributed by atoms with Crippen molar-refractivity contribution in [2.75, 3.05) is 45.8 Å². The zero-order chi connectivity index (χ0) is 22.3. The molecule has 0 saturated carbocycles. The van der Waals surface area contributed by atoms with E-state index in [0.717, 1.165) is 78.9 Å². The lowest BCUT2D eigenvalue weighted by Crippen LogP contribution is -2.49. The lowest BCUT2D eigenvalue weighted by atomic mass is 10.0. The summed E-state index contributed by atoms with van der Waals surface area (Å²) >= 11 is 0. The summed E-state index contributed by atoms with van der Waals surface area (Å²) in [5.74, 6) is 3.45. The second-order valence-electron chi connectivity index (χ2n) is 7.93. The van der Waals surface area contributed by atoms with Crippen molar-refractivity contribution in [3.63, 3.8) is 0 Å². The van der Waals surface area contributed by atoms with E-state index in [-0.39, 0.29) is 24.0 Å². The molecule has 1 aliphatic rings. The van der Waals surface area contributed by atoms with Crippen LogP contribution in [0.5, 0.6) is 11.5 Å². The van der Waals surface area contributed by atoms with E-state index >= 15 is 0 Å². The Hall–Kier alpha value is -2.69. The number of halogens is 1. The maximum Gasteiger partial charge on any atom is 0.191 e. The fraction of sp³-hybridized carbons (Fsp3) is 0.417. The topological polar surface area (TPSA) is 86.8 Å². The number of hydrogen-bond donors (Lipinski definition) is 3. The van der Waals surface area contributed by atoms with Crippen LogP contribution < -0.4 is 25.0 Å². The molecule has 3 N–H and O–H groups in total. The molecule has 0 unspecified atom stereocenters. The molecule has 8 nitrogen and oxygen atoms in total. The Morgan fingerprint density at radius 1 is 1.12 bits per heavy atom. The maximum atomic E-state index is 5.41. The van der Waals surface area contributed by atoms with Crippen molar-refractivity contribution in [3.8, 4) is 11.5 Å². The zero-order valence-electron chi connectivity index (χ0n) is 19.4. The fourth-order valence-electron chi connectivity index (χ4n) is 4.07. The van der Waals surface area contributed by atoms with Gasteiger partial charge in [0.2, 0.25) is 0 Å². The van der Waals surface area contributed by atoms with Crippen LogP contribution in [-0.2, 0) is 6.42 Å². The van der Waals surface area contributed by atoms with E-state index in [2.05, 4.69) is 42.6 Å². The van der Waals surface area contributed by atoms with Gasteiger partial charge in [-0.05, 0) is 25.0 Å². The largest absolute Gasteiger partial charge is 0.497 e. The number of nitrogens with one attached hydrogen (secondary N) is 3. The van der Waals surface area contributed by atoms with Crippen molar-refractivity contribution in [2.45, 2.75) is 25.3 Å². The minimum absolute atomic E-state index is 0. The molecule has 0 aliphatic carbocycles. The number of aliphatic imine (C=N–C) groups is 1. The third-order valence-corrected chi connectivity index (χ3v) is 5.85. The lowest BCUT2D eigenvalue weighted by molar-refractivity contribution is 0.393. The van der Waals surface area contributed by atoms with Crippen LogP contribution >= 0.6 is 24.0 Å². The molecule has 178 valence electrons. The Kier molecular flexibility index (Phi) is 9.04. The highest BCUT2D eigenvalue weighted by Gasteiger charge is 2.21. The normalized spacial score (nSPS) is 14.6. The number of benzene rings is 2. The first-order valence-corrected chi connectivity index (χ1v) is 11.1. The highest BCUT2D eigenvalue weighted by molar-refractivity contribution is 14.0. The molecule has 33 heavy (non-hydrogen) atoms. The molecule has 2 heterocycles. The average molecular weight is 564 g/mol. The average Bonchev–Trinajstić information content (AvgIpc) is 3.26. The van der Waals surface area contributed by atoms with E-state index in [1.165, 1.54) is 0 Å². The van der Waals surface area contributed by atoms with Crippen LogP contribution in [0.1, 0.15) is 18.7 Å². The number of aromatic amines is 1. The van der Waals surface area contributed by atoms with Gasteiger partial charge in [0, 0.05) is 63.0 Å². The lowest BCUT2D eigenvalue weighted by Gasteiger charge is -2.34. The molecule has 1 aromatic heterocycles. The van der Waals surface area contributed by atoms with Gasteiger partial charge in [-0.15, -0.1) is 24.0 Å². The number of methoxy groups -OCH3 is 2. The van der Waals surface area contributed by atoms with Crippen LogP contribution in [0.15, 0.2) is 47.5 Å². The molecule has 1 aliphatic heterocycles.